The molecule has 0 radical (unpaired) electrons. The summed E-state index contributed by atoms with van der Waals surface area (Å²) in [6.45, 7) is 25.0. The van der Waals surface area contributed by atoms with Crippen LogP contribution in [-0.2, 0) is 48.6 Å². The molecule has 5 aliphatic rings. The van der Waals surface area contributed by atoms with Crippen LogP contribution < -0.4 is 64.2 Å². The number of esters is 1. The van der Waals surface area contributed by atoms with Gasteiger partial charge in [0.05, 0.1) is 70.5 Å². The minimum absolute atomic E-state index is 0.0113. The Morgan fingerprint density at radius 1 is 0.772 bits per heavy atom. The van der Waals surface area contributed by atoms with Crippen molar-refractivity contribution < 1.29 is 87.8 Å². The molecule has 18 N–H and O–H groups in total. The molecule has 2 unspecified atom stereocenters. The van der Waals surface area contributed by atoms with Crippen molar-refractivity contribution in [3.05, 3.63) is 154 Å². The predicted octanol–water partition coefficient (Wildman–Crippen LogP) is 1.41. The number of carbonyl (C=O) groups excluding carboxylic acids is 12. The van der Waals surface area contributed by atoms with E-state index in [1.807, 2.05) is 6.92 Å². The first-order chi connectivity index (χ1) is 53.7. The molecule has 5 aromatic heterocycles. The zero-order chi connectivity index (χ0) is 83.4. The number of primary amides is 1. The van der Waals surface area contributed by atoms with Crippen molar-refractivity contribution in [2.75, 3.05) is 5.75 Å². The van der Waals surface area contributed by atoms with Gasteiger partial charge in [-0.25, -0.2) is 29.7 Å². The van der Waals surface area contributed by atoms with E-state index in [1.54, 1.807) is 32.1 Å². The van der Waals surface area contributed by atoms with Gasteiger partial charge in [0.25, 0.3) is 35.4 Å². The Labute approximate surface area is 672 Å². The number of carbonyl (C=O) groups is 12. The van der Waals surface area contributed by atoms with Crippen molar-refractivity contribution in [1.82, 2.24) is 83.4 Å². The number of fused-ring (bicyclic) bond motifs is 7. The van der Waals surface area contributed by atoms with Gasteiger partial charge in [-0.3, -0.25) is 63.0 Å². The maximum Gasteiger partial charge on any atom is 0.357 e. The van der Waals surface area contributed by atoms with Gasteiger partial charge in [0.1, 0.15) is 107 Å². The fourth-order valence-corrected chi connectivity index (χ4v) is 17.5. The summed E-state index contributed by atoms with van der Waals surface area (Å²) >= 11 is 4.58. The van der Waals surface area contributed by atoms with Gasteiger partial charge in [-0.2, -0.15) is 0 Å². The molecular weight excluding hydrogens is 1580 g/mol. The number of cyclic esters (lactones) is 1. The lowest BCUT2D eigenvalue weighted by molar-refractivity contribution is -0.131. The molecule has 0 fully saturated rings. The second-order valence-electron chi connectivity index (χ2n) is 28.0. The Kier molecular flexibility index (Phi) is 26.8. The topological polar surface area (TPSA) is 550 Å². The predicted molar refractivity (Wildman–Crippen MR) is 420 cm³/mol. The Morgan fingerprint density at radius 3 is 2.13 bits per heavy atom. The first kappa shape index (κ1) is 85.9. The Balaban J connectivity index is 1.18. The zero-order valence-electron chi connectivity index (χ0n) is 63.2. The van der Waals surface area contributed by atoms with Crippen LogP contribution in [0.2, 0.25) is 0 Å². The first-order valence-corrected chi connectivity index (χ1v) is 40.3. The van der Waals surface area contributed by atoms with Gasteiger partial charge >= 0.3 is 5.97 Å². The van der Waals surface area contributed by atoms with Crippen LogP contribution in [0.5, 0.6) is 0 Å². The lowest BCUT2D eigenvalue weighted by Crippen LogP contribution is -2.57. The number of aliphatic imine (C=N–C) groups is 1. The van der Waals surface area contributed by atoms with Gasteiger partial charge in [0, 0.05) is 32.8 Å². The number of allylic oxidation sites excluding steroid dienone is 2. The molecule has 36 nitrogen and oxygen atoms in total. The number of nitrogens with zero attached hydrogens (tertiary/aromatic N) is 6. The molecule has 10 rings (SSSR count). The summed E-state index contributed by atoms with van der Waals surface area (Å²) in [5.41, 5.74) is -1.15. The van der Waals surface area contributed by atoms with Gasteiger partial charge in [-0.05, 0) is 91.4 Å². The lowest BCUT2D eigenvalue weighted by Gasteiger charge is -2.42. The molecule has 2 aliphatic carbocycles. The van der Waals surface area contributed by atoms with Crippen LogP contribution in [0.25, 0.3) is 11.6 Å². The summed E-state index contributed by atoms with van der Waals surface area (Å²) in [6.07, 6.45) is -1.32. The van der Waals surface area contributed by atoms with E-state index in [0.29, 0.717) is 12.0 Å². The first-order valence-electron chi connectivity index (χ1n) is 35.8. The van der Waals surface area contributed by atoms with E-state index in [9.17, 15) is 68.7 Å². The monoisotopic (exact) mass is 1660 g/mol. The van der Waals surface area contributed by atoms with Gasteiger partial charge in [-0.15, -0.1) is 57.1 Å². The molecule has 13 bridgehead atoms. The molecule has 0 spiro atoms. The Morgan fingerprint density at radius 2 is 1.46 bits per heavy atom. The molecule has 5 aromatic rings. The van der Waals surface area contributed by atoms with Crippen molar-refractivity contribution >= 4 is 145 Å². The fourth-order valence-electron chi connectivity index (χ4n) is 12.6. The molecular formula is C73H86N18O18S5. The van der Waals surface area contributed by atoms with Crippen LogP contribution in [0, 0.1) is 5.92 Å². The number of aliphatic hydroxyl groups is 5. The van der Waals surface area contributed by atoms with Crippen LogP contribution in [-0.4, -0.2) is 192 Å². The van der Waals surface area contributed by atoms with E-state index in [4.69, 9.17) is 20.4 Å². The van der Waals surface area contributed by atoms with Gasteiger partial charge in [-0.1, -0.05) is 64.3 Å². The molecule has 606 valence electrons. The van der Waals surface area contributed by atoms with E-state index in [0.717, 1.165) is 57.1 Å². The molecule has 17 atom stereocenters. The molecule has 0 saturated carbocycles. The Bertz CT molecular complexity index is 4880. The van der Waals surface area contributed by atoms with E-state index in [2.05, 4.69) is 98.2 Å². The van der Waals surface area contributed by atoms with Crippen molar-refractivity contribution in [2.45, 2.75) is 184 Å². The third-order valence-electron chi connectivity index (χ3n) is 19.7. The largest absolute Gasteiger partial charge is 0.455 e. The highest BCUT2D eigenvalue weighted by atomic mass is 32.2. The number of hydrogen-bond donors (Lipinski definition) is 17. The van der Waals surface area contributed by atoms with Crippen LogP contribution in [0.15, 0.2) is 93.3 Å². The average Bonchev–Trinajstić information content (AvgIpc) is 1.50. The molecule has 8 heterocycles. The molecule has 41 heteroatoms. The van der Waals surface area contributed by atoms with Crippen molar-refractivity contribution in [3.63, 3.8) is 0 Å². The molecule has 114 heavy (non-hydrogen) atoms. The van der Waals surface area contributed by atoms with E-state index in [-0.39, 0.29) is 89.0 Å². The number of ether oxygens (including phenoxy) is 1. The number of aliphatic hydroxyl groups excluding tert-OH is 4. The van der Waals surface area contributed by atoms with Crippen LogP contribution >= 0.6 is 57.1 Å². The summed E-state index contributed by atoms with van der Waals surface area (Å²) in [7, 11) is 0. The molecule has 0 aromatic carbocycles. The summed E-state index contributed by atoms with van der Waals surface area (Å²) in [5, 5.41) is 92.8. The van der Waals surface area contributed by atoms with E-state index in [1.165, 1.54) is 82.1 Å². The summed E-state index contributed by atoms with van der Waals surface area (Å²) in [5.74, 6) is -13.3. The summed E-state index contributed by atoms with van der Waals surface area (Å²) in [6, 6.07) is -9.87. The van der Waals surface area contributed by atoms with E-state index < -0.39 is 196 Å². The highest BCUT2D eigenvalue weighted by molar-refractivity contribution is 8.14. The van der Waals surface area contributed by atoms with Gasteiger partial charge in [0.15, 0.2) is 0 Å². The van der Waals surface area contributed by atoms with Crippen molar-refractivity contribution in [2.24, 2.45) is 16.6 Å². The smallest absolute Gasteiger partial charge is 0.357 e. The minimum Gasteiger partial charge on any atom is -0.455 e. The number of rotatable bonds is 12. The second-order valence-corrected chi connectivity index (χ2v) is 32.5. The molecule has 11 amide bonds. The zero-order valence-corrected chi connectivity index (χ0v) is 67.2. The summed E-state index contributed by atoms with van der Waals surface area (Å²) < 4.78 is 6.28. The fraction of sp³-hybridized carbons (Fsp3) is 0.425. The number of amides is 11. The quantitative estimate of drug-likeness (QED) is 0.0620. The third-order valence-corrected chi connectivity index (χ3v) is 24.6. The number of thiazole rings is 4. The number of aromatic nitrogens is 5. The van der Waals surface area contributed by atoms with Crippen LogP contribution in [0.3, 0.4) is 0 Å². The summed E-state index contributed by atoms with van der Waals surface area (Å²) in [4.78, 5) is 199. The van der Waals surface area contributed by atoms with Crippen molar-refractivity contribution in [1.29, 1.82) is 0 Å². The normalized spacial score (nSPS) is 26.9. The SMILES string of the molecule is C=C(NC(=O)C(=C)NC(=O)c1csc(C2=C[C@@H]3c4csc(n4)[C@H]4NC(=O)c5csc(n5)[C@H]([C@](C)(O)[C@@H](C)O)NC(=O)C5CSC(=N5)/C(=C/C)NC(=O)[C@H]([C@@H](C)O)NC(=O)c5csc(n5)[C@]3(CC2)NC(=O)[C@H](C)NC(=O)C(=C)NC(=O)[C@H](C)NC(=O)C([C@@H](C)CC)N[C@@H]2C=Cc3c([C@H](C)O)cc(nc3[C@H]2O)C(=O)O[C@@H]4C)n1)C(N)=O. The number of pyridine rings is 1. The number of nitrogens with one attached hydrogen (secondary N) is 11. The van der Waals surface area contributed by atoms with Gasteiger partial charge < -0.3 is 89.2 Å². The number of thioether (sulfide) groups is 1. The number of hydrogen-bond acceptors (Lipinski definition) is 30. The minimum atomic E-state index is -2.20. The lowest BCUT2D eigenvalue weighted by atomic mass is 9.72. The van der Waals surface area contributed by atoms with Crippen molar-refractivity contribution in [3.8, 4) is 0 Å². The van der Waals surface area contributed by atoms with E-state index >= 15 is 14.4 Å². The van der Waals surface area contributed by atoms with Crippen LogP contribution in [0.4, 0.5) is 0 Å². The van der Waals surface area contributed by atoms with Gasteiger partial charge in [0.2, 0.25) is 29.5 Å². The third kappa shape index (κ3) is 18.7. The molecule has 3 aliphatic heterocycles. The van der Waals surface area contributed by atoms with Crippen LogP contribution in [0.1, 0.15) is 203 Å². The maximum absolute atomic E-state index is 15.4. The standard InChI is InChI=1S/C73H86N18O18S5/c1-14-27(3)49-64(105)79-31(7)58(99)76-29(5)57(98)77-32(8)59(100)91-73-19-18-37(66-84-45(23-110-66)60(101)78-30(6)56(97)75-28(4)55(74)96)20-40(73)44-22-112-68(83-44)51(35(11)109-70(107)43-21-39(33(9)92)38-16-17-42(80-49)53(95)52(38)81-43)89-61(102)46-25-113-69(86-46)54(72(13,108)36(12)94)90-63(104)47-24-111-67(85-47)41(15-2)82-65(106)50(34(10)93)88-62(103)48-26-114-71(73)87-48/h15-17,20-23,25-27,31-36,40,42,47,49-51,53-54,80,92-95,108H,4-6,14,18-19,24H2,1-3,7-13H3,(H2,74,96)(H,75,97)(H,76,99)(H,77,98)(H,78,101)(H,79,105)(H,82,106)(H,88,103)(H,89,102)(H,90,104)(H,91,100)/b41-15-/t27-,31-,32-,33-,34+,35+,36+,40+,42+,47?,49?,50-,51-,53-,54+,72+,73+/m0/s1. The molecule has 0 saturated heterocycles. The Hall–Kier alpha value is -10.5. The highest BCUT2D eigenvalue weighted by Gasteiger charge is 2.50. The maximum atomic E-state index is 15.4. The highest BCUT2D eigenvalue weighted by Crippen LogP contribution is 2.50. The average molecular weight is 1660 g/mol. The second kappa shape index (κ2) is 35.5. The number of nitrogens with two attached hydrogens (primary N) is 1.